The Morgan fingerprint density at radius 2 is 1.97 bits per heavy atom. The summed E-state index contributed by atoms with van der Waals surface area (Å²) in [7, 11) is 4.13. The summed E-state index contributed by atoms with van der Waals surface area (Å²) >= 11 is 0. The lowest BCUT2D eigenvalue weighted by Gasteiger charge is -2.33. The third-order valence-corrected chi connectivity index (χ3v) is 5.85. The van der Waals surface area contributed by atoms with E-state index < -0.39 is 18.1 Å². The number of nitrogens with zero attached hydrogens (tertiary/aromatic N) is 5. The lowest BCUT2D eigenvalue weighted by molar-refractivity contribution is -0.141. The fraction of sp³-hybridized carbons (Fsp3) is 0.476. The average Bonchev–Trinajstić information content (AvgIpc) is 3.10. The SMILES string of the molecule is CN(C)C1CCC(Oc2ccncc2NC(O)c2c(N)nn3ccc(C(F)(F)F)nc23)CC1. The highest BCUT2D eigenvalue weighted by Crippen LogP contribution is 2.34. The monoisotopic (exact) mass is 465 g/mol. The van der Waals surface area contributed by atoms with Crippen LogP contribution in [0.5, 0.6) is 5.75 Å². The van der Waals surface area contributed by atoms with Crippen molar-refractivity contribution in [2.75, 3.05) is 25.1 Å². The molecule has 1 saturated carbocycles. The molecule has 1 fully saturated rings. The number of nitrogen functional groups attached to an aromatic ring is 1. The second-order valence-electron chi connectivity index (χ2n) is 8.31. The van der Waals surface area contributed by atoms with Crippen molar-refractivity contribution in [2.45, 2.75) is 50.2 Å². The number of ether oxygens (including phenoxy) is 1. The molecule has 1 aliphatic rings. The number of halogens is 3. The van der Waals surface area contributed by atoms with E-state index in [1.54, 1.807) is 12.3 Å². The Morgan fingerprint density at radius 1 is 1.24 bits per heavy atom. The van der Waals surface area contributed by atoms with Crippen LogP contribution in [0, 0.1) is 0 Å². The van der Waals surface area contributed by atoms with Gasteiger partial charge in [-0.2, -0.15) is 13.2 Å². The average molecular weight is 465 g/mol. The maximum atomic E-state index is 13.1. The molecule has 4 rings (SSSR count). The van der Waals surface area contributed by atoms with Gasteiger partial charge in [-0.3, -0.25) is 4.98 Å². The Bertz CT molecular complexity index is 1110. The predicted molar refractivity (Wildman–Crippen MR) is 116 cm³/mol. The predicted octanol–water partition coefficient (Wildman–Crippen LogP) is 3.08. The molecule has 12 heteroatoms. The van der Waals surface area contributed by atoms with E-state index in [1.165, 1.54) is 6.20 Å². The van der Waals surface area contributed by atoms with Crippen LogP contribution in [0.3, 0.4) is 0 Å². The number of aliphatic hydroxyl groups is 1. The molecule has 33 heavy (non-hydrogen) atoms. The maximum Gasteiger partial charge on any atom is 0.433 e. The molecule has 0 spiro atoms. The highest BCUT2D eigenvalue weighted by Gasteiger charge is 2.34. The molecule has 0 amide bonds. The molecule has 3 aromatic rings. The number of nitrogens with one attached hydrogen (secondary N) is 1. The van der Waals surface area contributed by atoms with E-state index in [2.05, 4.69) is 39.4 Å². The smallest absolute Gasteiger partial charge is 0.433 e. The van der Waals surface area contributed by atoms with Crippen molar-refractivity contribution in [1.82, 2.24) is 24.5 Å². The first-order valence-corrected chi connectivity index (χ1v) is 10.6. The topological polar surface area (TPSA) is 114 Å². The van der Waals surface area contributed by atoms with Gasteiger partial charge in [-0.05, 0) is 45.8 Å². The van der Waals surface area contributed by atoms with Gasteiger partial charge in [0.2, 0.25) is 0 Å². The van der Waals surface area contributed by atoms with Gasteiger partial charge in [-0.25, -0.2) is 9.50 Å². The van der Waals surface area contributed by atoms with E-state index in [9.17, 15) is 18.3 Å². The van der Waals surface area contributed by atoms with E-state index >= 15 is 0 Å². The van der Waals surface area contributed by atoms with E-state index in [-0.39, 0.29) is 23.1 Å². The number of anilines is 2. The lowest BCUT2D eigenvalue weighted by Crippen LogP contribution is -2.35. The fourth-order valence-corrected chi connectivity index (χ4v) is 4.05. The van der Waals surface area contributed by atoms with Gasteiger partial charge in [0, 0.05) is 24.5 Å². The van der Waals surface area contributed by atoms with Crippen molar-refractivity contribution < 1.29 is 23.0 Å². The molecule has 0 aliphatic heterocycles. The summed E-state index contributed by atoms with van der Waals surface area (Å²) in [5, 5.41) is 17.6. The van der Waals surface area contributed by atoms with Gasteiger partial charge in [0.1, 0.15) is 11.4 Å². The van der Waals surface area contributed by atoms with Crippen LogP contribution >= 0.6 is 0 Å². The molecular weight excluding hydrogens is 439 g/mol. The largest absolute Gasteiger partial charge is 0.488 e. The van der Waals surface area contributed by atoms with Gasteiger partial charge >= 0.3 is 6.18 Å². The van der Waals surface area contributed by atoms with Crippen LogP contribution in [0.15, 0.2) is 30.7 Å². The zero-order valence-electron chi connectivity index (χ0n) is 18.3. The second-order valence-corrected chi connectivity index (χ2v) is 8.31. The van der Waals surface area contributed by atoms with E-state index in [0.717, 1.165) is 42.5 Å². The molecule has 0 radical (unpaired) electrons. The Morgan fingerprint density at radius 3 is 2.64 bits per heavy atom. The number of hydrogen-bond acceptors (Lipinski definition) is 8. The van der Waals surface area contributed by atoms with Crippen LogP contribution < -0.4 is 15.8 Å². The Labute approximate surface area is 188 Å². The second kappa shape index (κ2) is 9.02. The zero-order valence-corrected chi connectivity index (χ0v) is 18.3. The standard InChI is InChI=1S/C21H26F3N7O2/c1-30(2)12-3-5-13(6-4-12)33-15-7-9-26-11-14(15)27-20(32)17-18(25)29-31-10-8-16(21(22,23)24)28-19(17)31/h7-13,20,27,32H,3-6H2,1-2H3,(H2,25,29). The lowest BCUT2D eigenvalue weighted by atomic mass is 9.92. The number of nitrogens with two attached hydrogens (primary N) is 1. The quantitative estimate of drug-likeness (QED) is 0.476. The van der Waals surface area contributed by atoms with E-state index in [1.807, 2.05) is 0 Å². The molecular formula is C21H26F3N7O2. The van der Waals surface area contributed by atoms with Crippen molar-refractivity contribution in [1.29, 1.82) is 0 Å². The minimum Gasteiger partial charge on any atom is -0.488 e. The number of alkyl halides is 3. The molecule has 1 aliphatic carbocycles. The first-order valence-electron chi connectivity index (χ1n) is 10.6. The number of aliphatic hydroxyl groups excluding tert-OH is 1. The first kappa shape index (κ1) is 23.1. The van der Waals surface area contributed by atoms with Crippen molar-refractivity contribution in [2.24, 2.45) is 0 Å². The summed E-state index contributed by atoms with van der Waals surface area (Å²) in [5.74, 6) is 0.339. The van der Waals surface area contributed by atoms with Gasteiger partial charge < -0.3 is 25.8 Å². The van der Waals surface area contributed by atoms with Crippen LogP contribution in [-0.2, 0) is 6.18 Å². The van der Waals surface area contributed by atoms with Crippen LogP contribution in [0.25, 0.3) is 5.65 Å². The Hall–Kier alpha value is -3.12. The van der Waals surface area contributed by atoms with Crippen LogP contribution in [0.1, 0.15) is 43.2 Å². The zero-order chi connectivity index (χ0) is 23.8. The summed E-state index contributed by atoms with van der Waals surface area (Å²) < 4.78 is 46.6. The molecule has 3 aromatic heterocycles. The Kier molecular flexibility index (Phi) is 6.30. The summed E-state index contributed by atoms with van der Waals surface area (Å²) in [6.45, 7) is 0. The van der Waals surface area contributed by atoms with E-state index in [4.69, 9.17) is 10.5 Å². The van der Waals surface area contributed by atoms with Crippen molar-refractivity contribution >= 4 is 17.2 Å². The van der Waals surface area contributed by atoms with Crippen molar-refractivity contribution in [3.8, 4) is 5.75 Å². The highest BCUT2D eigenvalue weighted by molar-refractivity contribution is 5.64. The van der Waals surface area contributed by atoms with Gasteiger partial charge in [0.25, 0.3) is 0 Å². The van der Waals surface area contributed by atoms with Gasteiger partial charge in [0.05, 0.1) is 23.6 Å². The molecule has 1 unspecified atom stereocenters. The molecule has 0 saturated heterocycles. The molecule has 178 valence electrons. The fourth-order valence-electron chi connectivity index (χ4n) is 4.05. The van der Waals surface area contributed by atoms with Gasteiger partial charge in [-0.1, -0.05) is 0 Å². The molecule has 0 aromatic carbocycles. The minimum absolute atomic E-state index is 0.0133. The van der Waals surface area contributed by atoms with Crippen LogP contribution in [-0.4, -0.2) is 55.8 Å². The molecule has 4 N–H and O–H groups in total. The third kappa shape index (κ3) is 4.96. The molecule has 1 atom stereocenters. The molecule has 0 bridgehead atoms. The first-order chi connectivity index (χ1) is 15.6. The number of fused-ring (bicyclic) bond motifs is 1. The molecule has 3 heterocycles. The number of hydrogen-bond donors (Lipinski definition) is 3. The van der Waals surface area contributed by atoms with Crippen LogP contribution in [0.2, 0.25) is 0 Å². The third-order valence-electron chi connectivity index (χ3n) is 5.85. The summed E-state index contributed by atoms with van der Waals surface area (Å²) in [5.41, 5.74) is 4.89. The Balaban J connectivity index is 1.54. The molecule has 9 nitrogen and oxygen atoms in total. The van der Waals surface area contributed by atoms with Crippen LogP contribution in [0.4, 0.5) is 24.7 Å². The minimum atomic E-state index is -4.65. The number of rotatable bonds is 6. The van der Waals surface area contributed by atoms with Crippen molar-refractivity contribution in [3.63, 3.8) is 0 Å². The number of aromatic nitrogens is 4. The van der Waals surface area contributed by atoms with Gasteiger partial charge in [0.15, 0.2) is 17.7 Å². The normalized spacial score (nSPS) is 20.2. The maximum absolute atomic E-state index is 13.1. The number of pyridine rings is 1. The van der Waals surface area contributed by atoms with Crippen molar-refractivity contribution in [3.05, 3.63) is 42.0 Å². The highest BCUT2D eigenvalue weighted by atomic mass is 19.4. The summed E-state index contributed by atoms with van der Waals surface area (Å²) in [6.07, 6.45) is 1.82. The summed E-state index contributed by atoms with van der Waals surface area (Å²) in [4.78, 5) is 9.89. The van der Waals surface area contributed by atoms with E-state index in [0.29, 0.717) is 17.5 Å². The summed E-state index contributed by atoms with van der Waals surface area (Å²) in [6, 6.07) is 2.99. The van der Waals surface area contributed by atoms with Gasteiger partial charge in [-0.15, -0.1) is 5.10 Å².